The van der Waals surface area contributed by atoms with Gasteiger partial charge in [-0.1, -0.05) is 0 Å². The van der Waals surface area contributed by atoms with E-state index in [4.69, 9.17) is 9.84 Å². The lowest BCUT2D eigenvalue weighted by Gasteiger charge is -2.25. The summed E-state index contributed by atoms with van der Waals surface area (Å²) in [6.45, 7) is 3.48. The van der Waals surface area contributed by atoms with Gasteiger partial charge in [-0.15, -0.1) is 0 Å². The number of aryl methyl sites for hydroxylation is 1. The number of ether oxygens (including phenoxy) is 1. The van der Waals surface area contributed by atoms with Crippen LogP contribution >= 0.6 is 0 Å². The van der Waals surface area contributed by atoms with Crippen LogP contribution in [0.25, 0.3) is 0 Å². The minimum absolute atomic E-state index is 0.327. The highest BCUT2D eigenvalue weighted by molar-refractivity contribution is 5.88. The summed E-state index contributed by atoms with van der Waals surface area (Å²) < 4.78 is 5.40. The van der Waals surface area contributed by atoms with E-state index in [0.29, 0.717) is 11.6 Å². The fourth-order valence-corrected chi connectivity index (χ4v) is 2.03. The molecule has 2 rings (SSSR count). The molecule has 1 aromatic rings. The van der Waals surface area contributed by atoms with Gasteiger partial charge in [-0.05, 0) is 43.5 Å². The van der Waals surface area contributed by atoms with Gasteiger partial charge >= 0.3 is 5.97 Å². The zero-order chi connectivity index (χ0) is 12.3. The Morgan fingerprint density at radius 2 is 2.35 bits per heavy atom. The number of benzene rings is 1. The molecule has 17 heavy (non-hydrogen) atoms. The number of rotatable bonds is 3. The van der Waals surface area contributed by atoms with Crippen LogP contribution in [0.5, 0.6) is 0 Å². The molecule has 0 aromatic heterocycles. The number of aromatic carboxylic acids is 1. The smallest absolute Gasteiger partial charge is 0.335 e. The third-order valence-electron chi connectivity index (χ3n) is 2.99. The molecule has 1 saturated heterocycles. The average molecular weight is 235 g/mol. The average Bonchev–Trinajstić information content (AvgIpc) is 2.33. The van der Waals surface area contributed by atoms with Gasteiger partial charge in [0.2, 0.25) is 0 Å². The van der Waals surface area contributed by atoms with Crippen LogP contribution in [0.1, 0.15) is 28.8 Å². The summed E-state index contributed by atoms with van der Waals surface area (Å²) in [7, 11) is 0. The molecule has 0 radical (unpaired) electrons. The van der Waals surface area contributed by atoms with Gasteiger partial charge in [0.05, 0.1) is 12.2 Å². The lowest BCUT2D eigenvalue weighted by Crippen LogP contribution is -2.30. The largest absolute Gasteiger partial charge is 0.478 e. The Bertz CT molecular complexity index is 411. The van der Waals surface area contributed by atoms with Crippen LogP contribution in [-0.4, -0.2) is 30.3 Å². The molecule has 1 aliphatic heterocycles. The van der Waals surface area contributed by atoms with Crippen molar-refractivity contribution in [3.05, 3.63) is 29.3 Å². The molecule has 1 heterocycles. The predicted octanol–water partition coefficient (Wildman–Crippen LogP) is 2.28. The number of carbonyl (C=O) groups is 1. The second kappa shape index (κ2) is 5.19. The standard InChI is InChI=1S/C13H17NO3/c1-9-7-10(13(15)16)4-5-12(9)14-11-3-2-6-17-8-11/h4-5,7,11,14H,2-3,6,8H2,1H3,(H,15,16). The Kier molecular flexibility index (Phi) is 3.64. The van der Waals surface area contributed by atoms with Gasteiger partial charge in [0.15, 0.2) is 0 Å². The Hall–Kier alpha value is -1.55. The van der Waals surface area contributed by atoms with E-state index in [1.54, 1.807) is 12.1 Å². The third kappa shape index (κ3) is 2.97. The first-order chi connectivity index (χ1) is 8.16. The molecule has 1 fully saturated rings. The highest BCUT2D eigenvalue weighted by atomic mass is 16.5. The maximum atomic E-state index is 10.8. The lowest BCUT2D eigenvalue weighted by molar-refractivity contribution is 0.0696. The van der Waals surface area contributed by atoms with Gasteiger partial charge in [0.25, 0.3) is 0 Å². The molecule has 4 nitrogen and oxygen atoms in total. The molecule has 1 unspecified atom stereocenters. The first-order valence-corrected chi connectivity index (χ1v) is 5.85. The van der Waals surface area contributed by atoms with Crippen molar-refractivity contribution in [2.45, 2.75) is 25.8 Å². The van der Waals surface area contributed by atoms with Crippen molar-refractivity contribution in [2.24, 2.45) is 0 Å². The molecular formula is C13H17NO3. The zero-order valence-corrected chi connectivity index (χ0v) is 9.90. The molecular weight excluding hydrogens is 218 g/mol. The second-order valence-electron chi connectivity index (χ2n) is 4.39. The lowest BCUT2D eigenvalue weighted by atomic mass is 10.1. The quantitative estimate of drug-likeness (QED) is 0.843. The summed E-state index contributed by atoms with van der Waals surface area (Å²) in [5.74, 6) is -0.888. The summed E-state index contributed by atoms with van der Waals surface area (Å²) in [6.07, 6.45) is 2.17. The minimum atomic E-state index is -0.888. The van der Waals surface area contributed by atoms with Crippen LogP contribution in [0.15, 0.2) is 18.2 Å². The fourth-order valence-electron chi connectivity index (χ4n) is 2.03. The highest BCUT2D eigenvalue weighted by Gasteiger charge is 2.14. The van der Waals surface area contributed by atoms with Gasteiger partial charge in [-0.2, -0.15) is 0 Å². The van der Waals surface area contributed by atoms with Crippen LogP contribution in [0.3, 0.4) is 0 Å². The maximum absolute atomic E-state index is 10.8. The number of carboxylic acids is 1. The predicted molar refractivity (Wildman–Crippen MR) is 65.6 cm³/mol. The van der Waals surface area contributed by atoms with E-state index in [1.165, 1.54) is 0 Å². The molecule has 0 amide bonds. The summed E-state index contributed by atoms with van der Waals surface area (Å²) in [6, 6.07) is 5.47. The summed E-state index contributed by atoms with van der Waals surface area (Å²) in [5.41, 5.74) is 2.27. The van der Waals surface area contributed by atoms with E-state index >= 15 is 0 Å². The van der Waals surface area contributed by atoms with Gasteiger partial charge < -0.3 is 15.2 Å². The third-order valence-corrected chi connectivity index (χ3v) is 2.99. The second-order valence-corrected chi connectivity index (χ2v) is 4.39. The SMILES string of the molecule is Cc1cc(C(=O)O)ccc1NC1CCCOC1. The van der Waals surface area contributed by atoms with E-state index in [9.17, 15) is 4.79 Å². The Morgan fingerprint density at radius 3 is 2.94 bits per heavy atom. The fraction of sp³-hybridized carbons (Fsp3) is 0.462. The molecule has 0 bridgehead atoms. The summed E-state index contributed by atoms with van der Waals surface area (Å²) >= 11 is 0. The van der Waals surface area contributed by atoms with Crippen molar-refractivity contribution in [1.82, 2.24) is 0 Å². The number of hydrogen-bond acceptors (Lipinski definition) is 3. The number of nitrogens with one attached hydrogen (secondary N) is 1. The molecule has 0 aliphatic carbocycles. The molecule has 92 valence electrons. The number of hydrogen-bond donors (Lipinski definition) is 2. The first-order valence-electron chi connectivity index (χ1n) is 5.85. The van der Waals surface area contributed by atoms with Gasteiger partial charge in [-0.3, -0.25) is 0 Å². The summed E-state index contributed by atoms with van der Waals surface area (Å²) in [5, 5.41) is 12.3. The van der Waals surface area contributed by atoms with Gasteiger partial charge in [0, 0.05) is 18.3 Å². The Morgan fingerprint density at radius 1 is 1.53 bits per heavy atom. The maximum Gasteiger partial charge on any atom is 0.335 e. The Balaban J connectivity index is 2.08. The number of carboxylic acid groups (broad SMARTS) is 1. The molecule has 1 atom stereocenters. The van der Waals surface area contributed by atoms with E-state index in [1.807, 2.05) is 13.0 Å². The molecule has 0 spiro atoms. The topological polar surface area (TPSA) is 58.6 Å². The van der Waals surface area contributed by atoms with E-state index in [0.717, 1.165) is 37.3 Å². The van der Waals surface area contributed by atoms with Crippen LogP contribution in [-0.2, 0) is 4.74 Å². The molecule has 0 saturated carbocycles. The van der Waals surface area contributed by atoms with Crippen LogP contribution in [0.4, 0.5) is 5.69 Å². The van der Waals surface area contributed by atoms with Crippen molar-refractivity contribution < 1.29 is 14.6 Å². The van der Waals surface area contributed by atoms with E-state index in [2.05, 4.69) is 5.32 Å². The van der Waals surface area contributed by atoms with Crippen molar-refractivity contribution in [3.63, 3.8) is 0 Å². The van der Waals surface area contributed by atoms with Crippen LogP contribution in [0, 0.1) is 6.92 Å². The minimum Gasteiger partial charge on any atom is -0.478 e. The van der Waals surface area contributed by atoms with Crippen LogP contribution < -0.4 is 5.32 Å². The Labute approximate surface area is 101 Å². The molecule has 1 aromatic carbocycles. The van der Waals surface area contributed by atoms with Crippen molar-refractivity contribution >= 4 is 11.7 Å². The molecule has 2 N–H and O–H groups in total. The van der Waals surface area contributed by atoms with E-state index in [-0.39, 0.29) is 0 Å². The van der Waals surface area contributed by atoms with Gasteiger partial charge in [-0.25, -0.2) is 4.79 Å². The normalized spacial score (nSPS) is 19.9. The molecule has 4 heteroatoms. The number of anilines is 1. The van der Waals surface area contributed by atoms with Crippen molar-refractivity contribution in [2.75, 3.05) is 18.5 Å². The summed E-state index contributed by atoms with van der Waals surface area (Å²) in [4.78, 5) is 10.8. The first kappa shape index (κ1) is 11.9. The van der Waals surface area contributed by atoms with Crippen molar-refractivity contribution in [3.8, 4) is 0 Å². The highest BCUT2D eigenvalue weighted by Crippen LogP contribution is 2.20. The van der Waals surface area contributed by atoms with Crippen LogP contribution in [0.2, 0.25) is 0 Å². The monoisotopic (exact) mass is 235 g/mol. The molecule has 1 aliphatic rings. The van der Waals surface area contributed by atoms with Gasteiger partial charge in [0.1, 0.15) is 0 Å². The van der Waals surface area contributed by atoms with E-state index < -0.39 is 5.97 Å². The zero-order valence-electron chi connectivity index (χ0n) is 9.90. The van der Waals surface area contributed by atoms with Crippen molar-refractivity contribution in [1.29, 1.82) is 0 Å².